The van der Waals surface area contributed by atoms with Gasteiger partial charge in [0.25, 0.3) is 5.91 Å². The summed E-state index contributed by atoms with van der Waals surface area (Å²) in [5.41, 5.74) is 0.487. The lowest BCUT2D eigenvalue weighted by atomic mass is 9.85. The van der Waals surface area contributed by atoms with Crippen LogP contribution in [-0.4, -0.2) is 35.9 Å². The largest absolute Gasteiger partial charge is 0.356 e. The third-order valence-electron chi connectivity index (χ3n) is 4.75. The van der Waals surface area contributed by atoms with E-state index < -0.39 is 5.54 Å². The second kappa shape index (κ2) is 5.50. The predicted octanol–water partition coefficient (Wildman–Crippen LogP) is 2.50. The maximum Gasteiger partial charge on any atom is 0.273 e. The fraction of sp³-hybridized carbons (Fsp3) is 0.278. The van der Waals surface area contributed by atoms with Crippen molar-refractivity contribution in [3.63, 3.8) is 0 Å². The fourth-order valence-corrected chi connectivity index (χ4v) is 3.45. The van der Waals surface area contributed by atoms with Crippen molar-refractivity contribution in [2.75, 3.05) is 22.9 Å². The van der Waals surface area contributed by atoms with Crippen LogP contribution in [0.15, 0.2) is 59.7 Å². The van der Waals surface area contributed by atoms with Gasteiger partial charge >= 0.3 is 0 Å². The molecule has 1 aromatic carbocycles. The number of anilines is 2. The SMILES string of the molecule is O=C1N=CN(c2ccccc2)C12CCN(c1ccccn1)CC2. The van der Waals surface area contributed by atoms with E-state index in [1.165, 1.54) is 0 Å². The van der Waals surface area contributed by atoms with E-state index in [9.17, 15) is 4.79 Å². The van der Waals surface area contributed by atoms with Gasteiger partial charge in [0.2, 0.25) is 0 Å². The molecule has 0 unspecified atom stereocenters. The van der Waals surface area contributed by atoms with Crippen LogP contribution in [0.4, 0.5) is 11.5 Å². The van der Waals surface area contributed by atoms with Crippen molar-refractivity contribution in [1.29, 1.82) is 0 Å². The summed E-state index contributed by atoms with van der Waals surface area (Å²) in [4.78, 5) is 25.3. The van der Waals surface area contributed by atoms with Crippen molar-refractivity contribution in [2.45, 2.75) is 18.4 Å². The molecule has 0 saturated carbocycles. The number of aliphatic imine (C=N–C) groups is 1. The quantitative estimate of drug-likeness (QED) is 0.855. The molecule has 2 aromatic rings. The van der Waals surface area contributed by atoms with Crippen LogP contribution in [0.3, 0.4) is 0 Å². The minimum atomic E-state index is -0.535. The van der Waals surface area contributed by atoms with E-state index in [0.29, 0.717) is 0 Å². The van der Waals surface area contributed by atoms with Crippen molar-refractivity contribution in [3.8, 4) is 0 Å². The number of nitrogens with zero attached hydrogens (tertiary/aromatic N) is 4. The van der Waals surface area contributed by atoms with Gasteiger partial charge in [0.15, 0.2) is 0 Å². The number of pyridine rings is 1. The highest BCUT2D eigenvalue weighted by molar-refractivity contribution is 6.08. The summed E-state index contributed by atoms with van der Waals surface area (Å²) in [6, 6.07) is 15.9. The van der Waals surface area contributed by atoms with Crippen LogP contribution >= 0.6 is 0 Å². The Balaban J connectivity index is 1.58. The van der Waals surface area contributed by atoms with Crippen molar-refractivity contribution < 1.29 is 4.79 Å². The highest BCUT2D eigenvalue weighted by Gasteiger charge is 2.49. The van der Waals surface area contributed by atoms with E-state index in [4.69, 9.17) is 0 Å². The van der Waals surface area contributed by atoms with Gasteiger partial charge in [-0.25, -0.2) is 9.98 Å². The van der Waals surface area contributed by atoms with Crippen LogP contribution < -0.4 is 9.80 Å². The van der Waals surface area contributed by atoms with E-state index in [0.717, 1.165) is 37.4 Å². The van der Waals surface area contributed by atoms with Gasteiger partial charge in [0, 0.05) is 25.0 Å². The van der Waals surface area contributed by atoms with E-state index in [1.54, 1.807) is 12.5 Å². The number of benzene rings is 1. The van der Waals surface area contributed by atoms with Crippen LogP contribution in [0.2, 0.25) is 0 Å². The van der Waals surface area contributed by atoms with Crippen molar-refractivity contribution >= 4 is 23.8 Å². The number of amides is 1. The van der Waals surface area contributed by atoms with Crippen molar-refractivity contribution in [1.82, 2.24) is 4.98 Å². The third kappa shape index (κ3) is 2.29. The number of aromatic nitrogens is 1. The molecule has 116 valence electrons. The third-order valence-corrected chi connectivity index (χ3v) is 4.75. The summed E-state index contributed by atoms with van der Waals surface area (Å²) < 4.78 is 0. The Kier molecular flexibility index (Phi) is 3.33. The zero-order valence-corrected chi connectivity index (χ0v) is 12.8. The molecule has 23 heavy (non-hydrogen) atoms. The molecule has 3 heterocycles. The molecule has 0 N–H and O–H groups in total. The summed E-state index contributed by atoms with van der Waals surface area (Å²) in [5, 5.41) is 0. The van der Waals surface area contributed by atoms with Crippen LogP contribution in [0.25, 0.3) is 0 Å². The Morgan fingerprint density at radius 1 is 0.957 bits per heavy atom. The molecule has 1 spiro atoms. The normalized spacial score (nSPS) is 19.6. The smallest absolute Gasteiger partial charge is 0.273 e. The average molecular weight is 306 g/mol. The lowest BCUT2D eigenvalue weighted by Crippen LogP contribution is -2.56. The Labute approximate surface area is 135 Å². The predicted molar refractivity (Wildman–Crippen MR) is 90.8 cm³/mol. The molecule has 1 amide bonds. The minimum Gasteiger partial charge on any atom is -0.356 e. The van der Waals surface area contributed by atoms with E-state index >= 15 is 0 Å². The van der Waals surface area contributed by atoms with E-state index in [2.05, 4.69) is 14.9 Å². The number of para-hydroxylation sites is 1. The first-order valence-electron chi connectivity index (χ1n) is 7.89. The molecule has 1 aromatic heterocycles. The lowest BCUT2D eigenvalue weighted by Gasteiger charge is -2.43. The molecule has 5 nitrogen and oxygen atoms in total. The van der Waals surface area contributed by atoms with Crippen LogP contribution in [0, 0.1) is 0 Å². The fourth-order valence-electron chi connectivity index (χ4n) is 3.45. The summed E-state index contributed by atoms with van der Waals surface area (Å²) in [5.74, 6) is 0.946. The zero-order valence-electron chi connectivity index (χ0n) is 12.8. The molecule has 4 rings (SSSR count). The first-order valence-corrected chi connectivity index (χ1v) is 7.89. The molecular formula is C18H18N4O. The summed E-state index contributed by atoms with van der Waals surface area (Å²) >= 11 is 0. The molecule has 0 atom stereocenters. The molecule has 2 aliphatic rings. The van der Waals surface area contributed by atoms with Gasteiger partial charge in [-0.2, -0.15) is 0 Å². The number of hydrogen-bond acceptors (Lipinski definition) is 4. The number of carbonyl (C=O) groups is 1. The summed E-state index contributed by atoms with van der Waals surface area (Å²) in [7, 11) is 0. The first-order chi connectivity index (χ1) is 11.3. The van der Waals surface area contributed by atoms with E-state index in [-0.39, 0.29) is 5.91 Å². The second-order valence-electron chi connectivity index (χ2n) is 5.96. The van der Waals surface area contributed by atoms with Gasteiger partial charge in [0.1, 0.15) is 11.4 Å². The molecule has 5 heteroatoms. The first kappa shape index (κ1) is 13.9. The average Bonchev–Trinajstić information content (AvgIpc) is 2.93. The molecule has 0 bridgehead atoms. The number of hydrogen-bond donors (Lipinski definition) is 0. The number of rotatable bonds is 2. The Bertz CT molecular complexity index is 721. The van der Waals surface area contributed by atoms with Gasteiger partial charge in [-0.3, -0.25) is 4.79 Å². The van der Waals surface area contributed by atoms with Crippen LogP contribution in [-0.2, 0) is 4.79 Å². The number of piperidine rings is 1. The Morgan fingerprint density at radius 2 is 1.70 bits per heavy atom. The Hall–Kier alpha value is -2.69. The monoisotopic (exact) mass is 306 g/mol. The highest BCUT2D eigenvalue weighted by atomic mass is 16.2. The summed E-state index contributed by atoms with van der Waals surface area (Å²) in [6.45, 7) is 1.60. The maximum atomic E-state index is 12.5. The molecule has 1 saturated heterocycles. The lowest BCUT2D eigenvalue weighted by molar-refractivity contribution is -0.122. The standard InChI is InChI=1S/C18H18N4O/c23-17-18(22(14-20-17)15-6-2-1-3-7-15)9-12-21(13-10-18)16-8-4-5-11-19-16/h1-8,11,14H,9-10,12-13H2. The van der Waals surface area contributed by atoms with E-state index in [1.807, 2.05) is 53.4 Å². The molecular weight excluding hydrogens is 288 g/mol. The van der Waals surface area contributed by atoms with Crippen LogP contribution in [0.1, 0.15) is 12.8 Å². The molecule has 0 aliphatic carbocycles. The number of carbonyl (C=O) groups excluding carboxylic acids is 1. The summed E-state index contributed by atoms with van der Waals surface area (Å²) in [6.07, 6.45) is 4.99. The van der Waals surface area contributed by atoms with Crippen LogP contribution in [0.5, 0.6) is 0 Å². The highest BCUT2D eigenvalue weighted by Crippen LogP contribution is 2.37. The van der Waals surface area contributed by atoms with Gasteiger partial charge in [-0.15, -0.1) is 0 Å². The van der Waals surface area contributed by atoms with Crippen molar-refractivity contribution in [2.24, 2.45) is 4.99 Å². The van der Waals surface area contributed by atoms with Gasteiger partial charge in [0.05, 0.1) is 6.34 Å². The topological polar surface area (TPSA) is 48.8 Å². The zero-order chi connectivity index (χ0) is 15.7. The maximum absolute atomic E-state index is 12.5. The van der Waals surface area contributed by atoms with Gasteiger partial charge < -0.3 is 9.80 Å². The minimum absolute atomic E-state index is 0.0259. The van der Waals surface area contributed by atoms with Gasteiger partial charge in [-0.1, -0.05) is 24.3 Å². The van der Waals surface area contributed by atoms with Crippen molar-refractivity contribution in [3.05, 3.63) is 54.7 Å². The van der Waals surface area contributed by atoms with Gasteiger partial charge in [-0.05, 0) is 37.1 Å². The molecule has 1 fully saturated rings. The Morgan fingerprint density at radius 3 is 2.39 bits per heavy atom. The molecule has 0 radical (unpaired) electrons. The second-order valence-corrected chi connectivity index (χ2v) is 5.96. The molecule has 2 aliphatic heterocycles.